The lowest BCUT2D eigenvalue weighted by atomic mass is 9.77. The number of benzene rings is 1. The maximum absolute atomic E-state index is 6.72. The molecule has 4 N–H and O–H groups in total. The Labute approximate surface area is 158 Å². The lowest BCUT2D eigenvalue weighted by Crippen LogP contribution is -2.38. The number of hydrogen-bond donors (Lipinski definition) is 2. The summed E-state index contributed by atoms with van der Waals surface area (Å²) >= 11 is 0. The van der Waals surface area contributed by atoms with Gasteiger partial charge in [0, 0.05) is 17.2 Å². The smallest absolute Gasteiger partial charge is 0.0831 e. The van der Waals surface area contributed by atoms with E-state index in [0.29, 0.717) is 17.5 Å². The van der Waals surface area contributed by atoms with Gasteiger partial charge in [-0.2, -0.15) is 0 Å². The zero-order valence-electron chi connectivity index (χ0n) is 16.8. The SMILES string of the molecule is C=C/C1=C(\C=C/C)C(/N)=C(/N(N)C(C)C)c2ccccc2C(C(C)C)C1. The maximum Gasteiger partial charge on any atom is 0.0831 e. The molecule has 1 aliphatic rings. The molecule has 1 aromatic rings. The van der Waals surface area contributed by atoms with E-state index >= 15 is 0 Å². The molecule has 0 amide bonds. The Hall–Kier alpha value is -2.26. The van der Waals surface area contributed by atoms with Gasteiger partial charge >= 0.3 is 0 Å². The van der Waals surface area contributed by atoms with Crippen LogP contribution in [0.2, 0.25) is 0 Å². The molecule has 1 aromatic carbocycles. The minimum absolute atomic E-state index is 0.132. The van der Waals surface area contributed by atoms with Crippen molar-refractivity contribution in [2.45, 2.75) is 53.0 Å². The molecule has 3 heteroatoms. The van der Waals surface area contributed by atoms with Gasteiger partial charge in [-0.3, -0.25) is 0 Å². The van der Waals surface area contributed by atoms with Gasteiger partial charge in [0.25, 0.3) is 0 Å². The molecule has 1 aliphatic carbocycles. The zero-order valence-corrected chi connectivity index (χ0v) is 16.8. The molecule has 140 valence electrons. The molecule has 3 nitrogen and oxygen atoms in total. The monoisotopic (exact) mass is 351 g/mol. The van der Waals surface area contributed by atoms with E-state index in [1.165, 1.54) is 11.1 Å². The van der Waals surface area contributed by atoms with Gasteiger partial charge < -0.3 is 10.7 Å². The number of hydrazine groups is 1. The first-order valence-corrected chi connectivity index (χ1v) is 9.45. The lowest BCUT2D eigenvalue weighted by Gasteiger charge is -2.34. The van der Waals surface area contributed by atoms with Crippen molar-refractivity contribution < 1.29 is 0 Å². The van der Waals surface area contributed by atoms with Crippen molar-refractivity contribution in [3.05, 3.63) is 77.0 Å². The predicted molar refractivity (Wildman–Crippen MR) is 113 cm³/mol. The van der Waals surface area contributed by atoms with E-state index in [1.54, 1.807) is 5.01 Å². The number of nitrogens with two attached hydrogens (primary N) is 2. The Morgan fingerprint density at radius 1 is 1.19 bits per heavy atom. The summed E-state index contributed by atoms with van der Waals surface area (Å²) in [4.78, 5) is 0. The molecule has 0 spiro atoms. The van der Waals surface area contributed by atoms with Crippen LogP contribution in [0.1, 0.15) is 58.1 Å². The highest BCUT2D eigenvalue weighted by molar-refractivity contribution is 5.75. The molecule has 0 radical (unpaired) electrons. The van der Waals surface area contributed by atoms with Crippen molar-refractivity contribution in [3.63, 3.8) is 0 Å². The van der Waals surface area contributed by atoms with E-state index in [9.17, 15) is 0 Å². The number of allylic oxidation sites excluding steroid dienone is 4. The van der Waals surface area contributed by atoms with Gasteiger partial charge in [-0.15, -0.1) is 0 Å². The quantitative estimate of drug-likeness (QED) is 0.573. The fourth-order valence-corrected chi connectivity index (χ4v) is 3.63. The summed E-state index contributed by atoms with van der Waals surface area (Å²) in [5, 5.41) is 1.79. The van der Waals surface area contributed by atoms with Gasteiger partial charge in [0.05, 0.1) is 11.4 Å². The Morgan fingerprint density at radius 3 is 2.38 bits per heavy atom. The van der Waals surface area contributed by atoms with Crippen LogP contribution in [0.4, 0.5) is 0 Å². The largest absolute Gasteiger partial charge is 0.396 e. The third-order valence-corrected chi connectivity index (χ3v) is 5.15. The molecule has 1 atom stereocenters. The Bertz CT molecular complexity index is 750. The van der Waals surface area contributed by atoms with Crippen molar-refractivity contribution >= 4 is 5.70 Å². The molecule has 0 saturated heterocycles. The average Bonchev–Trinajstić information content (AvgIpc) is 2.60. The Balaban J connectivity index is 2.92. The second kappa shape index (κ2) is 8.41. The van der Waals surface area contributed by atoms with Crippen LogP contribution < -0.4 is 11.6 Å². The van der Waals surface area contributed by atoms with Crippen molar-refractivity contribution in [2.24, 2.45) is 17.5 Å². The van der Waals surface area contributed by atoms with Crippen LogP contribution in [-0.4, -0.2) is 11.1 Å². The summed E-state index contributed by atoms with van der Waals surface area (Å²) < 4.78 is 0. The first-order chi connectivity index (χ1) is 12.3. The molecular weight excluding hydrogens is 318 g/mol. The summed E-state index contributed by atoms with van der Waals surface area (Å²) in [5.74, 6) is 7.37. The third kappa shape index (κ3) is 3.78. The van der Waals surface area contributed by atoms with E-state index in [2.05, 4.69) is 64.6 Å². The summed E-state index contributed by atoms with van der Waals surface area (Å²) in [6, 6.07) is 8.65. The molecule has 0 aliphatic heterocycles. The van der Waals surface area contributed by atoms with Gasteiger partial charge in [-0.25, -0.2) is 5.84 Å². The molecule has 1 unspecified atom stereocenters. The van der Waals surface area contributed by atoms with E-state index in [-0.39, 0.29) is 6.04 Å². The Morgan fingerprint density at radius 2 is 1.85 bits per heavy atom. The molecular formula is C23H33N3. The molecule has 0 heterocycles. The van der Waals surface area contributed by atoms with E-state index in [0.717, 1.165) is 23.3 Å². The van der Waals surface area contributed by atoms with Crippen LogP contribution in [-0.2, 0) is 0 Å². The standard InChI is InChI=1S/C23H33N3/c1-7-11-18-17(8-2)14-21(15(3)4)19-12-9-10-13-20(19)23(22(18)24)26(25)16(5)6/h7-13,15-16,21H,2,14,24-25H2,1,3-6H3/b11-7-,18-17-,23-22-. The zero-order chi connectivity index (χ0) is 19.4. The molecule has 0 aromatic heterocycles. The topological polar surface area (TPSA) is 55.3 Å². The van der Waals surface area contributed by atoms with Gasteiger partial charge in [-0.05, 0) is 50.2 Å². The minimum Gasteiger partial charge on any atom is -0.396 e. The van der Waals surface area contributed by atoms with Crippen LogP contribution >= 0.6 is 0 Å². The fourth-order valence-electron chi connectivity index (χ4n) is 3.63. The molecule has 26 heavy (non-hydrogen) atoms. The van der Waals surface area contributed by atoms with Crippen LogP contribution in [0.15, 0.2) is 65.9 Å². The Kier molecular flexibility index (Phi) is 6.49. The third-order valence-electron chi connectivity index (χ3n) is 5.15. The van der Waals surface area contributed by atoms with Gasteiger partial charge in [0.1, 0.15) is 0 Å². The fraction of sp³-hybridized carbons (Fsp3) is 0.391. The number of rotatable bonds is 5. The summed E-state index contributed by atoms with van der Waals surface area (Å²) in [7, 11) is 0. The van der Waals surface area contributed by atoms with Crippen molar-refractivity contribution in [1.82, 2.24) is 5.01 Å². The van der Waals surface area contributed by atoms with Gasteiger partial charge in [0.15, 0.2) is 0 Å². The van der Waals surface area contributed by atoms with Gasteiger partial charge in [-0.1, -0.05) is 62.9 Å². The average molecular weight is 352 g/mol. The highest BCUT2D eigenvalue weighted by Gasteiger charge is 2.28. The van der Waals surface area contributed by atoms with E-state index in [4.69, 9.17) is 11.6 Å². The second-order valence-electron chi connectivity index (χ2n) is 7.55. The second-order valence-corrected chi connectivity index (χ2v) is 7.55. The molecule has 0 fully saturated rings. The summed E-state index contributed by atoms with van der Waals surface area (Å²) in [6.07, 6.45) is 6.96. The molecule has 0 bridgehead atoms. The predicted octanol–water partition coefficient (Wildman–Crippen LogP) is 5.10. The van der Waals surface area contributed by atoms with E-state index in [1.807, 2.05) is 19.1 Å². The van der Waals surface area contributed by atoms with E-state index < -0.39 is 0 Å². The molecule has 2 rings (SSSR count). The normalized spacial score (nSPS) is 23.9. The van der Waals surface area contributed by atoms with Gasteiger partial charge in [0.2, 0.25) is 0 Å². The maximum atomic E-state index is 6.72. The highest BCUT2D eigenvalue weighted by atomic mass is 15.4. The van der Waals surface area contributed by atoms with Crippen LogP contribution in [0.3, 0.4) is 0 Å². The molecule has 0 saturated carbocycles. The summed E-state index contributed by atoms with van der Waals surface area (Å²) in [5.41, 5.74) is 13.0. The van der Waals surface area contributed by atoms with Crippen LogP contribution in [0.5, 0.6) is 0 Å². The lowest BCUT2D eigenvalue weighted by molar-refractivity contribution is 0.340. The number of nitrogens with zero attached hydrogens (tertiary/aromatic N) is 1. The van der Waals surface area contributed by atoms with Crippen molar-refractivity contribution in [1.29, 1.82) is 0 Å². The van der Waals surface area contributed by atoms with Crippen LogP contribution in [0, 0.1) is 5.92 Å². The minimum atomic E-state index is 0.132. The van der Waals surface area contributed by atoms with Crippen LogP contribution in [0.25, 0.3) is 5.70 Å². The first-order valence-electron chi connectivity index (χ1n) is 9.45. The van der Waals surface area contributed by atoms with Crippen molar-refractivity contribution in [2.75, 3.05) is 0 Å². The summed E-state index contributed by atoms with van der Waals surface area (Å²) in [6.45, 7) is 14.8. The number of hydrogen-bond acceptors (Lipinski definition) is 3. The van der Waals surface area contributed by atoms with Crippen molar-refractivity contribution in [3.8, 4) is 0 Å². The highest BCUT2D eigenvalue weighted by Crippen LogP contribution is 2.41. The number of fused-ring (bicyclic) bond motifs is 1. The first kappa shape index (κ1) is 20.1.